The van der Waals surface area contributed by atoms with Crippen molar-refractivity contribution >= 4 is 29.4 Å². The molecule has 0 fully saturated rings. The van der Waals surface area contributed by atoms with Crippen LogP contribution in [-0.2, 0) is 13.2 Å². The molecule has 2 rings (SSSR count). The van der Waals surface area contributed by atoms with Crippen LogP contribution in [0.2, 0.25) is 0 Å². The molecule has 0 aliphatic heterocycles. The van der Waals surface area contributed by atoms with Gasteiger partial charge in [0.15, 0.2) is 0 Å². The summed E-state index contributed by atoms with van der Waals surface area (Å²) in [5.41, 5.74) is -0.507. The lowest BCUT2D eigenvalue weighted by atomic mass is 10.2. The van der Waals surface area contributed by atoms with Gasteiger partial charge in [-0.15, -0.1) is 12.4 Å². The van der Waals surface area contributed by atoms with Crippen LogP contribution < -0.4 is 0 Å². The first-order valence-corrected chi connectivity index (χ1v) is 4.43. The van der Waals surface area contributed by atoms with Crippen LogP contribution in [-0.4, -0.2) is 25.6 Å². The lowest BCUT2D eigenvalue weighted by Gasteiger charge is -2.06. The van der Waals surface area contributed by atoms with E-state index in [1.54, 1.807) is 0 Å². The minimum Gasteiger partial charge on any atom is -0.478 e. The third kappa shape index (κ3) is 2.10. The van der Waals surface area contributed by atoms with E-state index in [-0.39, 0.29) is 29.0 Å². The molecule has 98 valence electrons. The molecule has 0 radical (unpaired) electrons. The van der Waals surface area contributed by atoms with Crippen molar-refractivity contribution in [3.63, 3.8) is 0 Å². The zero-order chi connectivity index (χ0) is 12.8. The number of halogens is 4. The summed E-state index contributed by atoms with van der Waals surface area (Å²) in [5, 5.41) is 8.86. The maximum absolute atomic E-state index is 12.6. The first-order chi connectivity index (χ1) is 7.82. The molecule has 0 aliphatic carbocycles. The lowest BCUT2D eigenvalue weighted by molar-refractivity contribution is -0.146. The maximum Gasteiger partial charge on any atom is 0.449 e. The van der Waals surface area contributed by atoms with E-state index in [0.29, 0.717) is 4.57 Å². The molecular weight excluding hydrogens is 275 g/mol. The third-order valence-electron chi connectivity index (χ3n) is 2.26. The lowest BCUT2D eigenvalue weighted by Crippen LogP contribution is -2.13. The van der Waals surface area contributed by atoms with E-state index < -0.39 is 18.0 Å². The van der Waals surface area contributed by atoms with Crippen molar-refractivity contribution in [3.8, 4) is 0 Å². The Bertz CT molecular complexity index is 609. The molecular formula is C9H7ClF3N3O2. The highest BCUT2D eigenvalue weighted by Gasteiger charge is 2.37. The van der Waals surface area contributed by atoms with E-state index in [1.165, 1.54) is 0 Å². The number of alkyl halides is 3. The number of carbonyl (C=O) groups is 1. The highest BCUT2D eigenvalue weighted by Crippen LogP contribution is 2.31. The van der Waals surface area contributed by atoms with Gasteiger partial charge in [0, 0.05) is 13.2 Å². The molecule has 18 heavy (non-hydrogen) atoms. The maximum atomic E-state index is 12.6. The molecule has 2 heterocycles. The molecule has 2 aromatic heterocycles. The molecule has 5 nitrogen and oxygen atoms in total. The summed E-state index contributed by atoms with van der Waals surface area (Å²) in [6, 6.07) is 0. The molecule has 0 spiro atoms. The van der Waals surface area contributed by atoms with Crippen LogP contribution in [0.15, 0.2) is 12.4 Å². The Hall–Kier alpha value is -1.83. The Morgan fingerprint density at radius 3 is 2.50 bits per heavy atom. The minimum absolute atomic E-state index is 0. The van der Waals surface area contributed by atoms with Gasteiger partial charge in [0.25, 0.3) is 0 Å². The van der Waals surface area contributed by atoms with Gasteiger partial charge in [0.1, 0.15) is 11.1 Å². The van der Waals surface area contributed by atoms with Crippen LogP contribution in [0.25, 0.3) is 11.0 Å². The number of aromatic carboxylic acids is 1. The Labute approximate surface area is 105 Å². The van der Waals surface area contributed by atoms with E-state index in [1.807, 2.05) is 0 Å². The monoisotopic (exact) mass is 281 g/mol. The first-order valence-electron chi connectivity index (χ1n) is 4.43. The molecule has 0 aromatic carbocycles. The molecule has 0 atom stereocenters. The molecule has 0 saturated heterocycles. The standard InChI is InChI=1S/C9H6F3N3O2.ClH/c1-15-6-4(7(16)17)2-13-3-5(6)14-8(15)9(10,11)12;/h2-3H,1H3,(H,16,17);1H. The fourth-order valence-corrected chi connectivity index (χ4v) is 1.58. The first kappa shape index (κ1) is 14.2. The summed E-state index contributed by atoms with van der Waals surface area (Å²) >= 11 is 0. The molecule has 2 aromatic rings. The average Bonchev–Trinajstić information content (AvgIpc) is 2.55. The van der Waals surface area contributed by atoms with Crippen LogP contribution in [0.5, 0.6) is 0 Å². The van der Waals surface area contributed by atoms with Gasteiger partial charge in [-0.05, 0) is 0 Å². The third-order valence-corrected chi connectivity index (χ3v) is 2.26. The van der Waals surface area contributed by atoms with Crippen LogP contribution >= 0.6 is 12.4 Å². The topological polar surface area (TPSA) is 68.0 Å². The fraction of sp³-hybridized carbons (Fsp3) is 0.222. The average molecular weight is 282 g/mol. The number of carboxylic acid groups (broad SMARTS) is 1. The fourth-order valence-electron chi connectivity index (χ4n) is 1.58. The molecule has 0 amide bonds. The highest BCUT2D eigenvalue weighted by molar-refractivity contribution is 6.00. The summed E-state index contributed by atoms with van der Waals surface area (Å²) < 4.78 is 38.4. The number of aromatic nitrogens is 3. The number of hydrogen-bond acceptors (Lipinski definition) is 3. The summed E-state index contributed by atoms with van der Waals surface area (Å²) in [6.07, 6.45) is -2.55. The zero-order valence-electron chi connectivity index (χ0n) is 8.89. The van der Waals surface area contributed by atoms with Crippen molar-refractivity contribution in [1.29, 1.82) is 0 Å². The van der Waals surface area contributed by atoms with E-state index in [4.69, 9.17) is 5.11 Å². The van der Waals surface area contributed by atoms with Gasteiger partial charge in [-0.3, -0.25) is 4.98 Å². The van der Waals surface area contributed by atoms with E-state index in [2.05, 4.69) is 9.97 Å². The van der Waals surface area contributed by atoms with Gasteiger partial charge in [-0.2, -0.15) is 13.2 Å². The van der Waals surface area contributed by atoms with Crippen molar-refractivity contribution in [2.45, 2.75) is 6.18 Å². The second kappa shape index (κ2) is 4.45. The summed E-state index contributed by atoms with van der Waals surface area (Å²) in [4.78, 5) is 17.7. The quantitative estimate of drug-likeness (QED) is 0.869. The Balaban J connectivity index is 0.00000162. The predicted octanol–water partition coefficient (Wildman–Crippen LogP) is 2.11. The number of rotatable bonds is 1. The molecule has 0 aliphatic rings. The van der Waals surface area contributed by atoms with Crippen LogP contribution in [0.1, 0.15) is 16.2 Å². The highest BCUT2D eigenvalue weighted by atomic mass is 35.5. The molecule has 9 heteroatoms. The zero-order valence-corrected chi connectivity index (χ0v) is 9.71. The van der Waals surface area contributed by atoms with E-state index in [0.717, 1.165) is 19.4 Å². The van der Waals surface area contributed by atoms with Crippen LogP contribution in [0.3, 0.4) is 0 Å². The molecule has 1 N–H and O–H groups in total. The molecule has 0 unspecified atom stereocenters. The van der Waals surface area contributed by atoms with E-state index in [9.17, 15) is 18.0 Å². The molecule has 0 bridgehead atoms. The normalized spacial score (nSPS) is 11.3. The summed E-state index contributed by atoms with van der Waals surface area (Å²) in [5.74, 6) is -2.50. The Morgan fingerprint density at radius 1 is 1.39 bits per heavy atom. The second-order valence-corrected chi connectivity index (χ2v) is 3.35. The summed E-state index contributed by atoms with van der Waals surface area (Å²) in [6.45, 7) is 0. The number of carboxylic acids is 1. The second-order valence-electron chi connectivity index (χ2n) is 3.35. The van der Waals surface area contributed by atoms with Crippen LogP contribution in [0.4, 0.5) is 13.2 Å². The van der Waals surface area contributed by atoms with Crippen molar-refractivity contribution in [3.05, 3.63) is 23.8 Å². The van der Waals surface area contributed by atoms with Gasteiger partial charge >= 0.3 is 12.1 Å². The number of nitrogens with zero attached hydrogens (tertiary/aromatic N) is 3. The van der Waals surface area contributed by atoms with Gasteiger partial charge in [-0.1, -0.05) is 0 Å². The predicted molar refractivity (Wildman–Crippen MR) is 57.7 cm³/mol. The SMILES string of the molecule is Cl.Cn1c(C(F)(F)F)nc2cncc(C(=O)O)c21. The van der Waals surface area contributed by atoms with Crippen molar-refractivity contribution in [2.24, 2.45) is 7.05 Å². The van der Waals surface area contributed by atoms with Gasteiger partial charge in [-0.25, -0.2) is 9.78 Å². The van der Waals surface area contributed by atoms with Gasteiger partial charge < -0.3 is 9.67 Å². The minimum atomic E-state index is -4.64. The summed E-state index contributed by atoms with van der Waals surface area (Å²) in [7, 11) is 1.12. The van der Waals surface area contributed by atoms with Gasteiger partial charge in [0.2, 0.25) is 5.82 Å². The van der Waals surface area contributed by atoms with Crippen molar-refractivity contribution in [1.82, 2.24) is 14.5 Å². The smallest absolute Gasteiger partial charge is 0.449 e. The van der Waals surface area contributed by atoms with Gasteiger partial charge in [0.05, 0.1) is 11.7 Å². The number of hydrogen-bond donors (Lipinski definition) is 1. The van der Waals surface area contributed by atoms with Crippen molar-refractivity contribution < 1.29 is 23.1 Å². The number of pyridine rings is 1. The largest absolute Gasteiger partial charge is 0.478 e. The number of fused-ring (bicyclic) bond motifs is 1. The van der Waals surface area contributed by atoms with Crippen molar-refractivity contribution in [2.75, 3.05) is 0 Å². The Morgan fingerprint density at radius 2 is 2.00 bits per heavy atom. The number of imidazole rings is 1. The Kier molecular flexibility index (Phi) is 3.52. The van der Waals surface area contributed by atoms with Crippen LogP contribution in [0, 0.1) is 0 Å². The molecule has 0 saturated carbocycles. The van der Waals surface area contributed by atoms with E-state index >= 15 is 0 Å². The number of aryl methyl sites for hydroxylation is 1.